The third-order valence-electron chi connectivity index (χ3n) is 3.37. The SMILES string of the molecule is NC(=O)c1cc(I)ccc1C(=O)N1CCCCCC1. The van der Waals surface area contributed by atoms with Crippen molar-refractivity contribution in [3.05, 3.63) is 32.9 Å². The number of hydrogen-bond acceptors (Lipinski definition) is 2. The topological polar surface area (TPSA) is 63.4 Å². The lowest BCUT2D eigenvalue weighted by Crippen LogP contribution is -2.33. The summed E-state index contributed by atoms with van der Waals surface area (Å²) in [5, 5.41) is 0. The molecule has 0 aliphatic carbocycles. The van der Waals surface area contributed by atoms with Crippen molar-refractivity contribution in [3.8, 4) is 0 Å². The third kappa shape index (κ3) is 3.46. The van der Waals surface area contributed by atoms with E-state index < -0.39 is 5.91 Å². The van der Waals surface area contributed by atoms with Gasteiger partial charge in [0.15, 0.2) is 0 Å². The minimum absolute atomic E-state index is 0.0768. The molecule has 0 saturated carbocycles. The molecule has 0 atom stereocenters. The average molecular weight is 372 g/mol. The molecule has 0 spiro atoms. The van der Waals surface area contributed by atoms with E-state index in [-0.39, 0.29) is 5.91 Å². The number of hydrogen-bond donors (Lipinski definition) is 1. The van der Waals surface area contributed by atoms with Crippen molar-refractivity contribution in [3.63, 3.8) is 0 Å². The molecule has 2 amide bonds. The van der Waals surface area contributed by atoms with Gasteiger partial charge in [-0.3, -0.25) is 9.59 Å². The van der Waals surface area contributed by atoms with Crippen molar-refractivity contribution in [1.82, 2.24) is 4.90 Å². The Hall–Kier alpha value is -1.11. The number of halogens is 1. The highest BCUT2D eigenvalue weighted by Crippen LogP contribution is 2.18. The van der Waals surface area contributed by atoms with Crippen molar-refractivity contribution >= 4 is 34.4 Å². The molecule has 1 fully saturated rings. The molecule has 1 aliphatic rings. The van der Waals surface area contributed by atoms with E-state index in [0.717, 1.165) is 29.5 Å². The van der Waals surface area contributed by atoms with Crippen molar-refractivity contribution in [2.75, 3.05) is 13.1 Å². The molecule has 0 bridgehead atoms. The number of nitrogens with zero attached hydrogens (tertiary/aromatic N) is 1. The van der Waals surface area contributed by atoms with E-state index in [1.807, 2.05) is 11.0 Å². The van der Waals surface area contributed by atoms with Gasteiger partial charge in [-0.25, -0.2) is 0 Å². The van der Waals surface area contributed by atoms with Crippen molar-refractivity contribution < 1.29 is 9.59 Å². The lowest BCUT2D eigenvalue weighted by molar-refractivity contribution is 0.0756. The summed E-state index contributed by atoms with van der Waals surface area (Å²) in [4.78, 5) is 25.8. The van der Waals surface area contributed by atoms with Crippen LogP contribution in [0.4, 0.5) is 0 Å². The second-order valence-corrected chi connectivity index (χ2v) is 6.01. The van der Waals surface area contributed by atoms with Crippen LogP contribution in [0.15, 0.2) is 18.2 Å². The van der Waals surface area contributed by atoms with Crippen molar-refractivity contribution in [2.24, 2.45) is 5.73 Å². The largest absolute Gasteiger partial charge is 0.366 e. The maximum absolute atomic E-state index is 12.5. The molecule has 1 aliphatic heterocycles. The first kappa shape index (κ1) is 14.3. The van der Waals surface area contributed by atoms with Gasteiger partial charge in [0.1, 0.15) is 0 Å². The van der Waals surface area contributed by atoms with E-state index in [2.05, 4.69) is 22.6 Å². The van der Waals surface area contributed by atoms with Gasteiger partial charge in [-0.2, -0.15) is 0 Å². The van der Waals surface area contributed by atoms with E-state index in [1.54, 1.807) is 12.1 Å². The van der Waals surface area contributed by atoms with E-state index in [9.17, 15) is 9.59 Å². The summed E-state index contributed by atoms with van der Waals surface area (Å²) in [5.41, 5.74) is 6.11. The molecule has 19 heavy (non-hydrogen) atoms. The van der Waals surface area contributed by atoms with Crippen LogP contribution in [-0.2, 0) is 0 Å². The standard InChI is InChI=1S/C14H17IN2O2/c15-10-5-6-11(12(9-10)13(16)18)14(19)17-7-3-1-2-4-8-17/h5-6,9H,1-4,7-8H2,(H2,16,18). The Morgan fingerprint density at radius 1 is 1.05 bits per heavy atom. The first-order valence-corrected chi connectivity index (χ1v) is 7.56. The Bertz CT molecular complexity index is 494. The van der Waals surface area contributed by atoms with Crippen LogP contribution in [-0.4, -0.2) is 29.8 Å². The van der Waals surface area contributed by atoms with Gasteiger partial charge in [0.25, 0.3) is 5.91 Å². The number of nitrogens with two attached hydrogens (primary N) is 1. The Labute approximate surface area is 126 Å². The monoisotopic (exact) mass is 372 g/mol. The predicted octanol–water partition coefficient (Wildman–Crippen LogP) is 2.41. The first-order valence-electron chi connectivity index (χ1n) is 6.48. The summed E-state index contributed by atoms with van der Waals surface area (Å²) in [5.74, 6) is -0.621. The maximum atomic E-state index is 12.5. The number of benzene rings is 1. The second-order valence-electron chi connectivity index (χ2n) is 4.76. The molecule has 1 heterocycles. The first-order chi connectivity index (χ1) is 9.09. The van der Waals surface area contributed by atoms with E-state index in [1.165, 1.54) is 12.8 Å². The number of amides is 2. The van der Waals surface area contributed by atoms with Crippen LogP contribution in [0.3, 0.4) is 0 Å². The van der Waals surface area contributed by atoms with Crippen LogP contribution >= 0.6 is 22.6 Å². The predicted molar refractivity (Wildman–Crippen MR) is 82.0 cm³/mol. The van der Waals surface area contributed by atoms with Gasteiger partial charge in [0.05, 0.1) is 11.1 Å². The molecule has 0 radical (unpaired) electrons. The zero-order valence-electron chi connectivity index (χ0n) is 10.7. The third-order valence-corrected chi connectivity index (χ3v) is 4.04. The van der Waals surface area contributed by atoms with Crippen LogP contribution in [0.5, 0.6) is 0 Å². The van der Waals surface area contributed by atoms with Crippen molar-refractivity contribution in [1.29, 1.82) is 0 Å². The highest BCUT2D eigenvalue weighted by atomic mass is 127. The highest BCUT2D eigenvalue weighted by molar-refractivity contribution is 14.1. The number of primary amides is 1. The lowest BCUT2D eigenvalue weighted by atomic mass is 10.1. The number of likely N-dealkylation sites (tertiary alicyclic amines) is 1. The minimum atomic E-state index is -0.545. The van der Waals surface area contributed by atoms with Crippen LogP contribution in [0.2, 0.25) is 0 Å². The van der Waals surface area contributed by atoms with Crippen LogP contribution in [0.1, 0.15) is 46.4 Å². The van der Waals surface area contributed by atoms with E-state index in [4.69, 9.17) is 5.73 Å². The van der Waals surface area contributed by atoms with E-state index in [0.29, 0.717) is 11.1 Å². The minimum Gasteiger partial charge on any atom is -0.366 e. The fraction of sp³-hybridized carbons (Fsp3) is 0.429. The quantitative estimate of drug-likeness (QED) is 0.811. The zero-order chi connectivity index (χ0) is 13.8. The molecule has 102 valence electrons. The summed E-state index contributed by atoms with van der Waals surface area (Å²) < 4.78 is 0.902. The van der Waals surface area contributed by atoms with Gasteiger partial charge in [0.2, 0.25) is 5.91 Å². The van der Waals surface area contributed by atoms with Gasteiger partial charge < -0.3 is 10.6 Å². The van der Waals surface area contributed by atoms with Crippen molar-refractivity contribution in [2.45, 2.75) is 25.7 Å². The van der Waals surface area contributed by atoms with Crippen LogP contribution < -0.4 is 5.73 Å². The van der Waals surface area contributed by atoms with Gasteiger partial charge in [-0.1, -0.05) is 12.8 Å². The Morgan fingerprint density at radius 2 is 1.68 bits per heavy atom. The number of rotatable bonds is 2. The molecule has 1 saturated heterocycles. The second kappa shape index (κ2) is 6.36. The molecule has 2 N–H and O–H groups in total. The summed E-state index contributed by atoms with van der Waals surface area (Å²) in [6.07, 6.45) is 4.39. The summed E-state index contributed by atoms with van der Waals surface area (Å²) in [7, 11) is 0. The van der Waals surface area contributed by atoms with Gasteiger partial charge in [0, 0.05) is 16.7 Å². The fourth-order valence-corrected chi connectivity index (χ4v) is 2.84. The fourth-order valence-electron chi connectivity index (χ4n) is 2.35. The molecule has 1 aromatic carbocycles. The normalized spacial score (nSPS) is 15.9. The molecular formula is C14H17IN2O2. The number of carbonyl (C=O) groups excluding carboxylic acids is 2. The highest BCUT2D eigenvalue weighted by Gasteiger charge is 2.21. The van der Waals surface area contributed by atoms with E-state index >= 15 is 0 Å². The summed E-state index contributed by atoms with van der Waals surface area (Å²) in [6, 6.07) is 5.21. The molecular weight excluding hydrogens is 355 g/mol. The summed E-state index contributed by atoms with van der Waals surface area (Å²) >= 11 is 2.11. The molecule has 4 nitrogen and oxygen atoms in total. The van der Waals surface area contributed by atoms with Crippen LogP contribution in [0.25, 0.3) is 0 Å². The average Bonchev–Trinajstić information content (AvgIpc) is 2.66. The van der Waals surface area contributed by atoms with Crippen LogP contribution in [0, 0.1) is 3.57 Å². The molecule has 5 heteroatoms. The van der Waals surface area contributed by atoms with Gasteiger partial charge in [-0.15, -0.1) is 0 Å². The smallest absolute Gasteiger partial charge is 0.254 e. The zero-order valence-corrected chi connectivity index (χ0v) is 12.9. The Kier molecular flexibility index (Phi) is 4.79. The number of carbonyl (C=O) groups is 2. The Morgan fingerprint density at radius 3 is 2.26 bits per heavy atom. The maximum Gasteiger partial charge on any atom is 0.254 e. The lowest BCUT2D eigenvalue weighted by Gasteiger charge is -2.21. The Balaban J connectivity index is 2.29. The molecule has 0 aromatic heterocycles. The molecule has 1 aromatic rings. The molecule has 0 unspecified atom stereocenters. The van der Waals surface area contributed by atoms with Gasteiger partial charge >= 0.3 is 0 Å². The molecule has 2 rings (SSSR count). The van der Waals surface area contributed by atoms with Gasteiger partial charge in [-0.05, 0) is 53.6 Å². The summed E-state index contributed by atoms with van der Waals surface area (Å²) in [6.45, 7) is 1.53.